The van der Waals surface area contributed by atoms with Crippen molar-refractivity contribution >= 4 is 5.91 Å². The zero-order valence-electron chi connectivity index (χ0n) is 7.95. The van der Waals surface area contributed by atoms with Crippen LogP contribution in [0.4, 0.5) is 0 Å². The largest absolute Gasteiger partial charge is 0.384 e. The number of carbonyl (C=O) groups is 1. The molecule has 70 valence electrons. The van der Waals surface area contributed by atoms with Crippen LogP contribution in [0.25, 0.3) is 0 Å². The summed E-state index contributed by atoms with van der Waals surface area (Å²) in [6.07, 6.45) is 0.206. The van der Waals surface area contributed by atoms with Gasteiger partial charge in [0.05, 0.1) is 0 Å². The fraction of sp³-hybridized carbons (Fsp3) is 0.889. The fourth-order valence-corrected chi connectivity index (χ4v) is 1.65. The van der Waals surface area contributed by atoms with Crippen LogP contribution >= 0.6 is 0 Å². The molecule has 3 nitrogen and oxygen atoms in total. The van der Waals surface area contributed by atoms with Crippen LogP contribution in [0.1, 0.15) is 27.2 Å². The van der Waals surface area contributed by atoms with Gasteiger partial charge >= 0.3 is 0 Å². The molecule has 3 heteroatoms. The summed E-state index contributed by atoms with van der Waals surface area (Å²) in [6, 6.07) is 0.284. The first-order valence-corrected chi connectivity index (χ1v) is 4.52. The number of hydrogen-bond donors (Lipinski definition) is 1. The highest BCUT2D eigenvalue weighted by Gasteiger charge is 2.32. The Kier molecular flexibility index (Phi) is 2.73. The molecule has 12 heavy (non-hydrogen) atoms. The lowest BCUT2D eigenvalue weighted by Crippen LogP contribution is -2.40. The van der Waals surface area contributed by atoms with Gasteiger partial charge in [-0.1, -0.05) is 6.92 Å². The van der Waals surface area contributed by atoms with E-state index in [-0.39, 0.29) is 11.9 Å². The van der Waals surface area contributed by atoms with Crippen molar-refractivity contribution in [2.24, 2.45) is 5.92 Å². The van der Waals surface area contributed by atoms with Crippen molar-refractivity contribution in [3.05, 3.63) is 0 Å². The summed E-state index contributed by atoms with van der Waals surface area (Å²) in [5, 5.41) is 9.09. The van der Waals surface area contributed by atoms with E-state index in [0.29, 0.717) is 5.92 Å². The van der Waals surface area contributed by atoms with E-state index in [9.17, 15) is 4.79 Å². The average Bonchev–Trinajstić information content (AvgIpc) is 2.32. The summed E-state index contributed by atoms with van der Waals surface area (Å²) in [5.41, 5.74) is 0. The second-order valence-corrected chi connectivity index (χ2v) is 3.71. The lowest BCUT2D eigenvalue weighted by molar-refractivity contribution is -0.140. The van der Waals surface area contributed by atoms with E-state index in [1.165, 1.54) is 6.92 Å². The van der Waals surface area contributed by atoms with Crippen molar-refractivity contribution in [1.82, 2.24) is 4.90 Å². The first-order chi connectivity index (χ1) is 5.54. The average molecular weight is 171 g/mol. The van der Waals surface area contributed by atoms with Crippen molar-refractivity contribution in [2.45, 2.75) is 39.3 Å². The third-order valence-electron chi connectivity index (χ3n) is 2.78. The lowest BCUT2D eigenvalue weighted by Gasteiger charge is -2.24. The molecule has 0 aromatic rings. The Morgan fingerprint density at radius 1 is 1.58 bits per heavy atom. The van der Waals surface area contributed by atoms with Gasteiger partial charge in [-0.15, -0.1) is 0 Å². The zero-order chi connectivity index (χ0) is 9.30. The molecule has 0 aromatic carbocycles. The number of nitrogens with zero attached hydrogens (tertiary/aromatic N) is 1. The van der Waals surface area contributed by atoms with E-state index in [1.54, 1.807) is 4.90 Å². The predicted molar refractivity (Wildman–Crippen MR) is 46.6 cm³/mol. The summed E-state index contributed by atoms with van der Waals surface area (Å²) in [6.45, 7) is 6.50. The summed E-state index contributed by atoms with van der Waals surface area (Å²) >= 11 is 0. The van der Waals surface area contributed by atoms with E-state index in [0.717, 1.165) is 13.0 Å². The minimum Gasteiger partial charge on any atom is -0.384 e. The Labute approximate surface area is 73.4 Å². The Morgan fingerprint density at radius 3 is 2.50 bits per heavy atom. The van der Waals surface area contributed by atoms with Gasteiger partial charge in [-0.05, 0) is 26.2 Å². The van der Waals surface area contributed by atoms with Crippen LogP contribution < -0.4 is 0 Å². The predicted octanol–water partition coefficient (Wildman–Crippen LogP) is 0.624. The molecular weight excluding hydrogens is 154 g/mol. The van der Waals surface area contributed by atoms with Crippen LogP contribution in [0, 0.1) is 5.92 Å². The molecule has 3 atom stereocenters. The SMILES string of the molecule is CC1CCN(C(=O)[C@@H](C)O)C1C. The van der Waals surface area contributed by atoms with E-state index in [2.05, 4.69) is 6.92 Å². The molecule has 0 saturated carbocycles. The number of likely N-dealkylation sites (tertiary alicyclic amines) is 1. The second-order valence-electron chi connectivity index (χ2n) is 3.71. The van der Waals surface area contributed by atoms with Crippen LogP contribution in [0.3, 0.4) is 0 Å². The quantitative estimate of drug-likeness (QED) is 0.628. The van der Waals surface area contributed by atoms with E-state index < -0.39 is 6.10 Å². The summed E-state index contributed by atoms with van der Waals surface area (Å²) in [7, 11) is 0. The van der Waals surface area contributed by atoms with Gasteiger partial charge in [0.15, 0.2) is 0 Å². The van der Waals surface area contributed by atoms with Crippen LogP contribution in [0.15, 0.2) is 0 Å². The number of rotatable bonds is 1. The van der Waals surface area contributed by atoms with Gasteiger partial charge in [0.1, 0.15) is 6.10 Å². The Hall–Kier alpha value is -0.570. The van der Waals surface area contributed by atoms with Crippen LogP contribution in [0.2, 0.25) is 0 Å². The zero-order valence-corrected chi connectivity index (χ0v) is 7.95. The van der Waals surface area contributed by atoms with E-state index >= 15 is 0 Å². The normalized spacial score (nSPS) is 32.2. The van der Waals surface area contributed by atoms with Crippen molar-refractivity contribution in [1.29, 1.82) is 0 Å². The number of aliphatic hydroxyl groups is 1. The molecule has 0 spiro atoms. The highest BCUT2D eigenvalue weighted by atomic mass is 16.3. The van der Waals surface area contributed by atoms with Crippen molar-refractivity contribution < 1.29 is 9.90 Å². The lowest BCUT2D eigenvalue weighted by atomic mass is 10.1. The highest BCUT2D eigenvalue weighted by molar-refractivity contribution is 5.80. The second kappa shape index (κ2) is 3.44. The van der Waals surface area contributed by atoms with Crippen LogP contribution in [0.5, 0.6) is 0 Å². The fourth-order valence-electron chi connectivity index (χ4n) is 1.65. The minimum atomic E-state index is -0.849. The van der Waals surface area contributed by atoms with Gasteiger partial charge in [-0.25, -0.2) is 0 Å². The standard InChI is InChI=1S/C9H17NO2/c1-6-4-5-10(7(6)2)9(12)8(3)11/h6-8,11H,4-5H2,1-3H3/t6?,7?,8-/m1/s1. The van der Waals surface area contributed by atoms with Gasteiger partial charge in [0.2, 0.25) is 0 Å². The number of aliphatic hydroxyl groups excluding tert-OH is 1. The number of hydrogen-bond acceptors (Lipinski definition) is 2. The molecule has 1 aliphatic rings. The molecular formula is C9H17NO2. The molecule has 0 aliphatic carbocycles. The monoisotopic (exact) mass is 171 g/mol. The maximum atomic E-state index is 11.4. The van der Waals surface area contributed by atoms with Gasteiger partial charge in [0, 0.05) is 12.6 Å². The number of carbonyl (C=O) groups excluding carboxylic acids is 1. The van der Waals surface area contributed by atoms with E-state index in [4.69, 9.17) is 5.11 Å². The molecule has 1 heterocycles. The molecule has 1 saturated heterocycles. The molecule has 0 bridgehead atoms. The van der Waals surface area contributed by atoms with Crippen molar-refractivity contribution in [3.63, 3.8) is 0 Å². The minimum absolute atomic E-state index is 0.133. The van der Waals surface area contributed by atoms with E-state index in [1.807, 2.05) is 6.92 Å². The third-order valence-corrected chi connectivity index (χ3v) is 2.78. The first-order valence-electron chi connectivity index (χ1n) is 4.52. The Bertz CT molecular complexity index is 179. The maximum Gasteiger partial charge on any atom is 0.251 e. The molecule has 1 N–H and O–H groups in total. The van der Waals surface area contributed by atoms with Gasteiger partial charge in [0.25, 0.3) is 5.91 Å². The summed E-state index contributed by atoms with van der Waals surface area (Å²) in [4.78, 5) is 13.2. The molecule has 0 radical (unpaired) electrons. The molecule has 1 fully saturated rings. The molecule has 1 aliphatic heterocycles. The number of amides is 1. The van der Waals surface area contributed by atoms with Gasteiger partial charge in [-0.3, -0.25) is 4.79 Å². The Balaban J connectivity index is 2.59. The van der Waals surface area contributed by atoms with Gasteiger partial charge < -0.3 is 10.0 Å². The van der Waals surface area contributed by atoms with Crippen LogP contribution in [-0.2, 0) is 4.79 Å². The first kappa shape index (κ1) is 9.52. The summed E-state index contributed by atoms with van der Waals surface area (Å²) in [5.74, 6) is 0.430. The topological polar surface area (TPSA) is 40.5 Å². The third kappa shape index (κ3) is 1.61. The molecule has 0 aromatic heterocycles. The van der Waals surface area contributed by atoms with Gasteiger partial charge in [-0.2, -0.15) is 0 Å². The smallest absolute Gasteiger partial charge is 0.251 e. The molecule has 1 amide bonds. The molecule has 2 unspecified atom stereocenters. The summed E-state index contributed by atoms with van der Waals surface area (Å²) < 4.78 is 0. The maximum absolute atomic E-state index is 11.4. The van der Waals surface area contributed by atoms with Crippen LogP contribution in [-0.4, -0.2) is 34.6 Å². The molecule has 1 rings (SSSR count). The highest BCUT2D eigenvalue weighted by Crippen LogP contribution is 2.23. The van der Waals surface area contributed by atoms with Crippen molar-refractivity contribution in [2.75, 3.05) is 6.54 Å². The Morgan fingerprint density at radius 2 is 2.17 bits per heavy atom. The van der Waals surface area contributed by atoms with Crippen molar-refractivity contribution in [3.8, 4) is 0 Å².